The van der Waals surface area contributed by atoms with E-state index in [4.69, 9.17) is 16.3 Å². The van der Waals surface area contributed by atoms with Gasteiger partial charge >= 0.3 is 12.6 Å². The Morgan fingerprint density at radius 2 is 2.14 bits per heavy atom. The highest BCUT2D eigenvalue weighted by Crippen LogP contribution is 2.28. The number of nitrogens with one attached hydrogen (secondary N) is 1. The van der Waals surface area contributed by atoms with Crippen molar-refractivity contribution in [3.05, 3.63) is 52.9 Å². The van der Waals surface area contributed by atoms with Crippen molar-refractivity contribution in [2.24, 2.45) is 0 Å². The number of halogens is 3. The zero-order valence-corrected chi connectivity index (χ0v) is 15.1. The first kappa shape index (κ1) is 19.5. The molecule has 0 unspecified atom stereocenters. The highest BCUT2D eigenvalue weighted by atomic mass is 35.5. The molecule has 0 aliphatic heterocycles. The number of ether oxygens (including phenoxy) is 2. The van der Waals surface area contributed by atoms with Gasteiger partial charge in [0.15, 0.2) is 12.3 Å². The molecule has 3 rings (SSSR count). The fourth-order valence-corrected chi connectivity index (χ4v) is 2.63. The molecule has 0 saturated carbocycles. The molecule has 0 atom stereocenters. The number of alkyl halides is 2. The lowest BCUT2D eigenvalue weighted by Gasteiger charge is -2.10. The van der Waals surface area contributed by atoms with Crippen LogP contribution in [0, 0.1) is 6.92 Å². The van der Waals surface area contributed by atoms with E-state index in [1.54, 1.807) is 19.2 Å². The maximum absolute atomic E-state index is 12.3. The molecule has 1 amide bonds. The molecule has 0 radical (unpaired) electrons. The number of esters is 1. The number of nitrogens with zero attached hydrogens (tertiary/aromatic N) is 3. The van der Waals surface area contributed by atoms with Gasteiger partial charge in [-0.25, -0.2) is 14.3 Å². The van der Waals surface area contributed by atoms with Crippen molar-refractivity contribution < 1.29 is 27.8 Å². The Labute approximate surface area is 162 Å². The number of hydrogen-bond donors (Lipinski definition) is 1. The van der Waals surface area contributed by atoms with Crippen LogP contribution in [0.1, 0.15) is 16.1 Å². The number of aromatic nitrogens is 3. The van der Waals surface area contributed by atoms with Gasteiger partial charge < -0.3 is 14.8 Å². The number of rotatable bonds is 6. The summed E-state index contributed by atoms with van der Waals surface area (Å²) in [4.78, 5) is 28.4. The first-order valence-electron chi connectivity index (χ1n) is 7.86. The van der Waals surface area contributed by atoms with Crippen LogP contribution in [0.25, 0.3) is 5.65 Å². The zero-order valence-electron chi connectivity index (χ0n) is 14.4. The summed E-state index contributed by atoms with van der Waals surface area (Å²) in [6.07, 6.45) is 3.13. The number of hydrogen-bond acceptors (Lipinski definition) is 6. The van der Waals surface area contributed by atoms with Gasteiger partial charge in [0.25, 0.3) is 5.91 Å². The van der Waals surface area contributed by atoms with Crippen LogP contribution in [0.4, 0.5) is 14.5 Å². The van der Waals surface area contributed by atoms with Gasteiger partial charge in [-0.1, -0.05) is 11.6 Å². The molecule has 0 fully saturated rings. The first-order chi connectivity index (χ1) is 13.3. The van der Waals surface area contributed by atoms with E-state index in [1.165, 1.54) is 28.9 Å². The number of amides is 1. The monoisotopic (exact) mass is 410 g/mol. The average molecular weight is 411 g/mol. The molecule has 1 N–H and O–H groups in total. The maximum Gasteiger partial charge on any atom is 0.387 e. The Morgan fingerprint density at radius 3 is 2.86 bits per heavy atom. The van der Waals surface area contributed by atoms with Crippen molar-refractivity contribution in [1.82, 2.24) is 14.6 Å². The minimum absolute atomic E-state index is 0.108. The van der Waals surface area contributed by atoms with Crippen LogP contribution >= 0.6 is 11.6 Å². The Bertz CT molecular complexity index is 1040. The number of anilines is 1. The van der Waals surface area contributed by atoms with Crippen molar-refractivity contribution in [3.8, 4) is 5.75 Å². The Balaban J connectivity index is 1.62. The van der Waals surface area contributed by atoms with Crippen molar-refractivity contribution in [1.29, 1.82) is 0 Å². The lowest BCUT2D eigenvalue weighted by molar-refractivity contribution is -0.119. The van der Waals surface area contributed by atoms with Gasteiger partial charge in [-0.3, -0.25) is 4.79 Å². The lowest BCUT2D eigenvalue weighted by Crippen LogP contribution is -2.21. The predicted octanol–water partition coefficient (Wildman–Crippen LogP) is 3.09. The molecule has 3 aromatic rings. The van der Waals surface area contributed by atoms with Crippen molar-refractivity contribution in [3.63, 3.8) is 0 Å². The van der Waals surface area contributed by atoms with E-state index in [2.05, 4.69) is 20.1 Å². The number of aryl methyl sites for hydroxylation is 1. The summed E-state index contributed by atoms with van der Waals surface area (Å²) in [7, 11) is 0. The predicted molar refractivity (Wildman–Crippen MR) is 94.7 cm³/mol. The molecule has 146 valence electrons. The second-order valence-corrected chi connectivity index (χ2v) is 5.90. The number of carbonyl (C=O) groups is 2. The molecular formula is C17H13ClF2N4O4. The molecule has 1 aromatic carbocycles. The van der Waals surface area contributed by atoms with Crippen molar-refractivity contribution in [2.45, 2.75) is 13.5 Å². The Morgan fingerprint density at radius 1 is 1.36 bits per heavy atom. The van der Waals surface area contributed by atoms with Crippen molar-refractivity contribution >= 4 is 34.8 Å². The van der Waals surface area contributed by atoms with Crippen molar-refractivity contribution in [2.75, 3.05) is 11.9 Å². The van der Waals surface area contributed by atoms with Crippen LogP contribution in [0.15, 0.2) is 36.7 Å². The highest BCUT2D eigenvalue weighted by molar-refractivity contribution is 6.32. The van der Waals surface area contributed by atoms with E-state index in [-0.39, 0.29) is 22.0 Å². The van der Waals surface area contributed by atoms with E-state index in [1.807, 2.05) is 0 Å². The van der Waals surface area contributed by atoms with Gasteiger partial charge in [0, 0.05) is 18.1 Å². The van der Waals surface area contributed by atoms with E-state index >= 15 is 0 Å². The molecule has 8 nitrogen and oxygen atoms in total. The molecule has 2 heterocycles. The fourth-order valence-electron chi connectivity index (χ4n) is 2.41. The van der Waals surface area contributed by atoms with E-state index < -0.39 is 25.1 Å². The normalized spacial score (nSPS) is 10.9. The molecule has 0 saturated heterocycles. The number of fused-ring (bicyclic) bond motifs is 1. The summed E-state index contributed by atoms with van der Waals surface area (Å²) in [5.74, 6) is -1.62. The largest absolute Gasteiger partial charge is 0.452 e. The smallest absolute Gasteiger partial charge is 0.387 e. The summed E-state index contributed by atoms with van der Waals surface area (Å²) in [6, 6.07) is 5.40. The second kappa shape index (κ2) is 8.17. The summed E-state index contributed by atoms with van der Waals surface area (Å²) in [5, 5.41) is 6.47. The van der Waals surface area contributed by atoms with Crippen LogP contribution in [0.2, 0.25) is 5.02 Å². The lowest BCUT2D eigenvalue weighted by atomic mass is 10.2. The van der Waals surface area contributed by atoms with Crippen LogP contribution in [-0.2, 0) is 9.53 Å². The van der Waals surface area contributed by atoms with Crippen LogP contribution < -0.4 is 10.1 Å². The minimum atomic E-state index is -3.02. The third kappa shape index (κ3) is 4.34. The molecule has 0 aliphatic carbocycles. The van der Waals surface area contributed by atoms with Gasteiger partial charge in [0.2, 0.25) is 0 Å². The molecular weight excluding hydrogens is 398 g/mol. The minimum Gasteiger partial charge on any atom is -0.452 e. The third-order valence-electron chi connectivity index (χ3n) is 3.54. The Hall–Kier alpha value is -3.27. The SMILES string of the molecule is Cc1nn2cccnc2c1C(=O)OCC(=O)Nc1ccc(OC(F)F)c(Cl)c1. The standard InChI is InChI=1S/C17H13ClF2N4O4/c1-9-14(15-21-5-2-6-24(15)23-9)16(26)27-8-13(25)22-10-3-4-12(11(18)7-10)28-17(19)20/h2-7,17H,8H2,1H3,(H,22,25). The van der Waals surface area contributed by atoms with Gasteiger partial charge in [0.05, 0.1) is 10.7 Å². The summed E-state index contributed by atoms with van der Waals surface area (Å²) >= 11 is 5.81. The third-order valence-corrected chi connectivity index (χ3v) is 3.84. The van der Waals surface area contributed by atoms with E-state index in [9.17, 15) is 18.4 Å². The number of benzene rings is 1. The van der Waals surface area contributed by atoms with Gasteiger partial charge in [-0.15, -0.1) is 0 Å². The van der Waals surface area contributed by atoms with Crippen LogP contribution in [0.3, 0.4) is 0 Å². The Kier molecular flexibility index (Phi) is 5.69. The molecule has 2 aromatic heterocycles. The fraction of sp³-hybridized carbons (Fsp3) is 0.176. The zero-order chi connectivity index (χ0) is 20.3. The van der Waals surface area contributed by atoms with Crippen LogP contribution in [-0.4, -0.2) is 39.7 Å². The first-order valence-corrected chi connectivity index (χ1v) is 8.24. The molecule has 0 bridgehead atoms. The van der Waals surface area contributed by atoms with Gasteiger partial charge in [-0.05, 0) is 31.2 Å². The summed E-state index contributed by atoms with van der Waals surface area (Å²) < 4.78 is 35.1. The molecule has 0 spiro atoms. The highest BCUT2D eigenvalue weighted by Gasteiger charge is 2.20. The topological polar surface area (TPSA) is 94.8 Å². The average Bonchev–Trinajstić information content (AvgIpc) is 2.97. The molecule has 0 aliphatic rings. The van der Waals surface area contributed by atoms with Gasteiger partial charge in [0.1, 0.15) is 11.3 Å². The summed E-state index contributed by atoms with van der Waals surface area (Å²) in [6.45, 7) is -1.97. The molecule has 11 heteroatoms. The quantitative estimate of drug-likeness (QED) is 0.627. The number of carbonyl (C=O) groups excluding carboxylic acids is 2. The van der Waals surface area contributed by atoms with E-state index in [0.29, 0.717) is 11.3 Å². The van der Waals surface area contributed by atoms with Crippen LogP contribution in [0.5, 0.6) is 5.75 Å². The van der Waals surface area contributed by atoms with E-state index in [0.717, 1.165) is 0 Å². The second-order valence-electron chi connectivity index (χ2n) is 5.50. The molecule has 28 heavy (non-hydrogen) atoms. The summed E-state index contributed by atoms with van der Waals surface area (Å²) in [5.41, 5.74) is 1.10. The maximum atomic E-state index is 12.3. The van der Waals surface area contributed by atoms with Gasteiger partial charge in [-0.2, -0.15) is 13.9 Å².